The first-order chi connectivity index (χ1) is 12.4. The Morgan fingerprint density at radius 1 is 1.35 bits per heavy atom. The van der Waals surface area contributed by atoms with Crippen molar-refractivity contribution in [3.05, 3.63) is 45.8 Å². The number of benzene rings is 1. The van der Waals surface area contributed by atoms with E-state index in [9.17, 15) is 18.4 Å². The van der Waals surface area contributed by atoms with E-state index in [1.807, 2.05) is 0 Å². The van der Waals surface area contributed by atoms with Gasteiger partial charge >= 0.3 is 6.03 Å². The van der Waals surface area contributed by atoms with E-state index in [1.54, 1.807) is 12.1 Å². The molecular formula is C16H14ClF2N3O3S. The molecule has 1 aliphatic rings. The van der Waals surface area contributed by atoms with Crippen LogP contribution in [0.15, 0.2) is 24.3 Å². The van der Waals surface area contributed by atoms with Crippen LogP contribution in [-0.2, 0) is 4.79 Å². The van der Waals surface area contributed by atoms with Gasteiger partial charge in [-0.2, -0.15) is 0 Å². The largest absolute Gasteiger partial charge is 0.497 e. The second-order valence-electron chi connectivity index (χ2n) is 5.54. The van der Waals surface area contributed by atoms with Gasteiger partial charge in [0.2, 0.25) is 5.91 Å². The summed E-state index contributed by atoms with van der Waals surface area (Å²) in [6, 6.07) is 3.47. The quantitative estimate of drug-likeness (QED) is 0.736. The Balaban J connectivity index is 1.80. The Kier molecular flexibility index (Phi) is 5.28. The molecule has 10 heteroatoms. The Labute approximate surface area is 156 Å². The molecule has 3 N–H and O–H groups in total. The average Bonchev–Trinajstić information content (AvgIpc) is 3.14. The van der Waals surface area contributed by atoms with Gasteiger partial charge in [0.05, 0.1) is 16.4 Å². The lowest BCUT2D eigenvalue weighted by Crippen LogP contribution is -2.45. The lowest BCUT2D eigenvalue weighted by molar-refractivity contribution is -0.120. The zero-order chi connectivity index (χ0) is 18.8. The van der Waals surface area contributed by atoms with Crippen molar-refractivity contribution < 1.29 is 23.1 Å². The van der Waals surface area contributed by atoms with Crippen LogP contribution in [0, 0.1) is 11.6 Å². The van der Waals surface area contributed by atoms with Crippen LogP contribution in [0.4, 0.5) is 18.6 Å². The maximum Gasteiger partial charge on any atom is 0.320 e. The molecule has 0 spiro atoms. The first kappa shape index (κ1) is 18.4. The Morgan fingerprint density at radius 2 is 2.04 bits per heavy atom. The van der Waals surface area contributed by atoms with Crippen molar-refractivity contribution in [3.63, 3.8) is 0 Å². The van der Waals surface area contributed by atoms with Crippen molar-refractivity contribution in [2.75, 3.05) is 19.0 Å². The number of urea groups is 1. The number of methoxy groups -OCH3 is 1. The molecule has 0 aliphatic carbocycles. The maximum atomic E-state index is 14.3. The average molecular weight is 402 g/mol. The molecule has 0 bridgehead atoms. The number of rotatable bonds is 4. The number of carbonyl (C=O) groups excluding carboxylic acids is 2. The van der Waals surface area contributed by atoms with Gasteiger partial charge in [-0.15, -0.1) is 11.3 Å². The minimum Gasteiger partial charge on any atom is -0.497 e. The molecule has 2 heterocycles. The third-order valence-corrected chi connectivity index (χ3v) is 5.08. The maximum absolute atomic E-state index is 14.3. The van der Waals surface area contributed by atoms with E-state index in [2.05, 4.69) is 16.0 Å². The molecule has 138 valence electrons. The summed E-state index contributed by atoms with van der Waals surface area (Å²) in [4.78, 5) is 24.2. The van der Waals surface area contributed by atoms with E-state index in [4.69, 9.17) is 16.3 Å². The zero-order valence-corrected chi connectivity index (χ0v) is 15.0. The van der Waals surface area contributed by atoms with E-state index in [-0.39, 0.29) is 17.9 Å². The zero-order valence-electron chi connectivity index (χ0n) is 13.4. The molecule has 3 amide bonds. The molecule has 0 saturated carbocycles. The molecule has 2 unspecified atom stereocenters. The summed E-state index contributed by atoms with van der Waals surface area (Å²) in [5.41, 5.74) is -0.284. The van der Waals surface area contributed by atoms with Crippen molar-refractivity contribution >= 4 is 39.9 Å². The smallest absolute Gasteiger partial charge is 0.320 e. The number of nitrogens with one attached hydrogen (secondary N) is 3. The molecule has 6 nitrogen and oxygen atoms in total. The van der Waals surface area contributed by atoms with Crippen molar-refractivity contribution in [1.29, 1.82) is 0 Å². The molecule has 1 aromatic heterocycles. The van der Waals surface area contributed by atoms with Crippen molar-refractivity contribution in [2.24, 2.45) is 0 Å². The van der Waals surface area contributed by atoms with Crippen LogP contribution in [0.5, 0.6) is 5.75 Å². The van der Waals surface area contributed by atoms with Crippen LogP contribution in [-0.4, -0.2) is 31.6 Å². The monoisotopic (exact) mass is 401 g/mol. The molecule has 1 saturated heterocycles. The minimum atomic E-state index is -1.12. The number of amides is 3. The molecule has 1 fully saturated rings. The van der Waals surface area contributed by atoms with Gasteiger partial charge in [-0.25, -0.2) is 13.6 Å². The summed E-state index contributed by atoms with van der Waals surface area (Å²) in [6.45, 7) is -0.00518. The summed E-state index contributed by atoms with van der Waals surface area (Å²) in [5.74, 6) is -3.09. The summed E-state index contributed by atoms with van der Waals surface area (Å²) < 4.78 is 34.0. The van der Waals surface area contributed by atoms with Crippen molar-refractivity contribution in [2.45, 2.75) is 12.0 Å². The highest BCUT2D eigenvalue weighted by Crippen LogP contribution is 2.31. The van der Waals surface area contributed by atoms with Gasteiger partial charge in [0.1, 0.15) is 23.4 Å². The Bertz CT molecular complexity index is 838. The fraction of sp³-hybridized carbons (Fsp3) is 0.250. The van der Waals surface area contributed by atoms with E-state index in [0.717, 1.165) is 23.5 Å². The fourth-order valence-corrected chi connectivity index (χ4v) is 3.70. The van der Waals surface area contributed by atoms with Crippen LogP contribution in [0.1, 0.15) is 11.5 Å². The van der Waals surface area contributed by atoms with Crippen LogP contribution < -0.4 is 20.7 Å². The molecular weight excluding hydrogens is 388 g/mol. The number of ether oxygens (including phenoxy) is 1. The van der Waals surface area contributed by atoms with Gasteiger partial charge in [-0.3, -0.25) is 10.1 Å². The van der Waals surface area contributed by atoms with E-state index in [1.165, 1.54) is 7.11 Å². The fourth-order valence-electron chi connectivity index (χ4n) is 2.76. The molecule has 3 rings (SSSR count). The van der Waals surface area contributed by atoms with E-state index in [0.29, 0.717) is 9.34 Å². The van der Waals surface area contributed by atoms with Crippen molar-refractivity contribution in [1.82, 2.24) is 10.6 Å². The summed E-state index contributed by atoms with van der Waals surface area (Å²) in [7, 11) is 1.29. The van der Waals surface area contributed by atoms with Crippen LogP contribution in [0.3, 0.4) is 0 Å². The number of hydrogen-bond acceptors (Lipinski definition) is 4. The molecule has 1 aliphatic heterocycles. The van der Waals surface area contributed by atoms with Crippen LogP contribution >= 0.6 is 22.9 Å². The van der Waals surface area contributed by atoms with Gasteiger partial charge in [-0.1, -0.05) is 11.6 Å². The van der Waals surface area contributed by atoms with Gasteiger partial charge < -0.3 is 15.4 Å². The molecule has 2 atom stereocenters. The minimum absolute atomic E-state index is 0.00518. The molecule has 1 aromatic carbocycles. The SMILES string of the molecule is COc1cc(F)c(C2CNC(=O)C2NC(=O)Nc2ccc(Cl)s2)c(F)c1. The second kappa shape index (κ2) is 7.46. The van der Waals surface area contributed by atoms with Crippen molar-refractivity contribution in [3.8, 4) is 5.75 Å². The van der Waals surface area contributed by atoms with Crippen LogP contribution in [0.25, 0.3) is 0 Å². The number of carbonyl (C=O) groups is 2. The highest BCUT2D eigenvalue weighted by Gasteiger charge is 2.40. The second-order valence-corrected chi connectivity index (χ2v) is 7.25. The van der Waals surface area contributed by atoms with Crippen LogP contribution in [0.2, 0.25) is 4.34 Å². The molecule has 2 aromatic rings. The third-order valence-electron chi connectivity index (χ3n) is 3.94. The third kappa shape index (κ3) is 3.73. The molecule has 0 radical (unpaired) electrons. The Hall–Kier alpha value is -2.39. The highest BCUT2D eigenvalue weighted by atomic mass is 35.5. The number of thiophene rings is 1. The Morgan fingerprint density at radius 3 is 2.62 bits per heavy atom. The van der Waals surface area contributed by atoms with E-state index < -0.39 is 35.5 Å². The standard InChI is InChI=1S/C16H14ClF2N3O3S/c1-25-7-4-9(18)13(10(19)5-7)8-6-20-15(23)14(8)22-16(24)21-12-3-2-11(17)26-12/h2-5,8,14H,6H2,1H3,(H,20,23)(H2,21,22,24). The lowest BCUT2D eigenvalue weighted by Gasteiger charge is -2.20. The first-order valence-corrected chi connectivity index (χ1v) is 8.72. The summed E-state index contributed by atoms with van der Waals surface area (Å²) in [6.07, 6.45) is 0. The predicted molar refractivity (Wildman–Crippen MR) is 93.9 cm³/mol. The summed E-state index contributed by atoms with van der Waals surface area (Å²) >= 11 is 6.93. The van der Waals surface area contributed by atoms with Gasteiger partial charge in [-0.05, 0) is 12.1 Å². The highest BCUT2D eigenvalue weighted by molar-refractivity contribution is 7.20. The van der Waals surface area contributed by atoms with Gasteiger partial charge in [0.25, 0.3) is 0 Å². The normalized spacial score (nSPS) is 19.2. The lowest BCUT2D eigenvalue weighted by atomic mass is 9.93. The van der Waals surface area contributed by atoms with E-state index >= 15 is 0 Å². The topological polar surface area (TPSA) is 79.5 Å². The first-order valence-electron chi connectivity index (χ1n) is 7.52. The molecule has 26 heavy (non-hydrogen) atoms. The van der Waals surface area contributed by atoms with Gasteiger partial charge in [0, 0.05) is 30.2 Å². The number of anilines is 1. The number of hydrogen-bond donors (Lipinski definition) is 3. The summed E-state index contributed by atoms with van der Waals surface area (Å²) in [5, 5.41) is 7.97. The predicted octanol–water partition coefficient (Wildman–Crippen LogP) is 3.09. The number of halogens is 3. The van der Waals surface area contributed by atoms with Gasteiger partial charge in [0.15, 0.2) is 0 Å².